The van der Waals surface area contributed by atoms with Gasteiger partial charge >= 0.3 is 0 Å². The minimum Gasteiger partial charge on any atom is -0.389 e. The Balaban J connectivity index is 2.28. The van der Waals surface area contributed by atoms with Crippen LogP contribution >= 0.6 is 23.6 Å². The Morgan fingerprint density at radius 1 is 1.50 bits per heavy atom. The van der Waals surface area contributed by atoms with Crippen LogP contribution in [0.1, 0.15) is 22.4 Å². The number of nitrogens with one attached hydrogen (secondary N) is 1. The summed E-state index contributed by atoms with van der Waals surface area (Å²) >= 11 is 6.78. The Hall–Kier alpha value is -1.46. The summed E-state index contributed by atoms with van der Waals surface area (Å²) in [6.07, 6.45) is 0. The predicted molar refractivity (Wildman–Crippen MR) is 81.2 cm³/mol. The summed E-state index contributed by atoms with van der Waals surface area (Å²) in [6, 6.07) is 4.07. The van der Waals surface area contributed by atoms with E-state index in [0.29, 0.717) is 4.99 Å². The Morgan fingerprint density at radius 2 is 2.28 bits per heavy atom. The summed E-state index contributed by atoms with van der Waals surface area (Å²) in [6.45, 7) is 4.69. The van der Waals surface area contributed by atoms with Gasteiger partial charge in [0.1, 0.15) is 10.8 Å². The number of aromatic nitrogens is 1. The number of pyridine rings is 1. The Labute approximate surface area is 116 Å². The molecule has 0 atom stereocenters. The van der Waals surface area contributed by atoms with E-state index in [1.807, 2.05) is 19.9 Å². The number of rotatable bonds is 4. The highest BCUT2D eigenvalue weighted by molar-refractivity contribution is 7.80. The number of anilines is 1. The summed E-state index contributed by atoms with van der Waals surface area (Å²) in [5.41, 5.74) is 9.85. The minimum atomic E-state index is 0.382. The molecule has 2 aromatic heterocycles. The molecule has 0 radical (unpaired) electrons. The van der Waals surface area contributed by atoms with E-state index in [1.165, 1.54) is 5.56 Å². The largest absolute Gasteiger partial charge is 0.389 e. The third-order valence-corrected chi connectivity index (χ3v) is 3.57. The molecule has 0 aliphatic rings. The fourth-order valence-corrected chi connectivity index (χ4v) is 2.78. The van der Waals surface area contributed by atoms with Gasteiger partial charge in [-0.3, -0.25) is 0 Å². The molecule has 0 aliphatic carbocycles. The van der Waals surface area contributed by atoms with Gasteiger partial charge in [0.2, 0.25) is 0 Å². The lowest BCUT2D eigenvalue weighted by molar-refractivity contribution is 1.08. The molecule has 0 unspecified atom stereocenters. The van der Waals surface area contributed by atoms with Crippen LogP contribution in [0.25, 0.3) is 0 Å². The average molecular weight is 277 g/mol. The van der Waals surface area contributed by atoms with E-state index in [9.17, 15) is 0 Å². The van der Waals surface area contributed by atoms with Crippen molar-refractivity contribution in [2.75, 3.05) is 5.32 Å². The van der Waals surface area contributed by atoms with Crippen molar-refractivity contribution in [3.8, 4) is 0 Å². The molecule has 0 aromatic carbocycles. The van der Waals surface area contributed by atoms with Crippen LogP contribution in [0.2, 0.25) is 0 Å². The van der Waals surface area contributed by atoms with Gasteiger partial charge in [-0.1, -0.05) is 12.2 Å². The monoisotopic (exact) mass is 277 g/mol. The summed E-state index contributed by atoms with van der Waals surface area (Å²) in [4.78, 5) is 4.86. The van der Waals surface area contributed by atoms with Gasteiger partial charge in [-0.05, 0) is 47.9 Å². The van der Waals surface area contributed by atoms with E-state index in [0.717, 1.165) is 29.2 Å². The summed E-state index contributed by atoms with van der Waals surface area (Å²) in [5.74, 6) is 0.770. The highest BCUT2D eigenvalue weighted by atomic mass is 32.1. The van der Waals surface area contributed by atoms with Crippen LogP contribution in [-0.2, 0) is 6.54 Å². The molecule has 0 spiro atoms. The molecular formula is C13H15N3S2. The van der Waals surface area contributed by atoms with Gasteiger partial charge in [-0.25, -0.2) is 4.98 Å². The van der Waals surface area contributed by atoms with Gasteiger partial charge in [-0.15, -0.1) is 0 Å². The van der Waals surface area contributed by atoms with Crippen molar-refractivity contribution in [2.24, 2.45) is 5.73 Å². The lowest BCUT2D eigenvalue weighted by Crippen LogP contribution is -2.16. The molecule has 2 rings (SSSR count). The quantitative estimate of drug-likeness (QED) is 0.844. The number of hydrogen-bond donors (Lipinski definition) is 2. The molecule has 0 aliphatic heterocycles. The van der Waals surface area contributed by atoms with Gasteiger partial charge in [0.25, 0.3) is 0 Å². The van der Waals surface area contributed by atoms with Crippen molar-refractivity contribution < 1.29 is 0 Å². The van der Waals surface area contributed by atoms with E-state index in [2.05, 4.69) is 27.1 Å². The van der Waals surface area contributed by atoms with Crippen molar-refractivity contribution in [1.29, 1.82) is 0 Å². The van der Waals surface area contributed by atoms with Crippen LogP contribution in [-0.4, -0.2) is 9.97 Å². The van der Waals surface area contributed by atoms with E-state index < -0.39 is 0 Å². The van der Waals surface area contributed by atoms with Crippen LogP contribution < -0.4 is 11.1 Å². The molecule has 18 heavy (non-hydrogen) atoms. The molecule has 0 amide bonds. The second-order valence-electron chi connectivity index (χ2n) is 4.15. The zero-order valence-electron chi connectivity index (χ0n) is 10.4. The van der Waals surface area contributed by atoms with Crippen LogP contribution in [0.15, 0.2) is 22.9 Å². The maximum absolute atomic E-state index is 5.77. The topological polar surface area (TPSA) is 50.9 Å². The first-order valence-electron chi connectivity index (χ1n) is 5.61. The van der Waals surface area contributed by atoms with E-state index >= 15 is 0 Å². The van der Waals surface area contributed by atoms with Gasteiger partial charge in [-0.2, -0.15) is 11.3 Å². The Morgan fingerprint density at radius 3 is 2.89 bits per heavy atom. The lowest BCUT2D eigenvalue weighted by atomic mass is 10.1. The molecule has 0 saturated heterocycles. The maximum Gasteiger partial charge on any atom is 0.137 e. The highest BCUT2D eigenvalue weighted by Crippen LogP contribution is 2.19. The fourth-order valence-electron chi connectivity index (χ4n) is 1.85. The standard InChI is InChI=1S/C13H15N3S2/c1-8-5-9(2)16-13(11(8)12(14)17)15-6-10-3-4-18-7-10/h3-5,7H,6H2,1-2H3,(H2,14,17)(H,15,16). The molecule has 5 heteroatoms. The molecule has 3 N–H and O–H groups in total. The summed E-state index contributed by atoms with van der Waals surface area (Å²) < 4.78 is 0. The summed E-state index contributed by atoms with van der Waals surface area (Å²) in [5, 5.41) is 7.47. The van der Waals surface area contributed by atoms with Crippen LogP contribution in [0.4, 0.5) is 5.82 Å². The van der Waals surface area contributed by atoms with Gasteiger partial charge in [0.15, 0.2) is 0 Å². The number of thiocarbonyl (C=S) groups is 1. The molecule has 94 valence electrons. The zero-order valence-corrected chi connectivity index (χ0v) is 12.0. The molecule has 2 aromatic rings. The molecule has 0 saturated carbocycles. The number of nitrogens with zero attached hydrogens (tertiary/aromatic N) is 1. The van der Waals surface area contributed by atoms with Crippen LogP contribution in [0, 0.1) is 13.8 Å². The van der Waals surface area contributed by atoms with Gasteiger partial charge < -0.3 is 11.1 Å². The highest BCUT2D eigenvalue weighted by Gasteiger charge is 2.11. The molecule has 0 fully saturated rings. The number of aryl methyl sites for hydroxylation is 2. The van der Waals surface area contributed by atoms with Crippen molar-refractivity contribution >= 4 is 34.4 Å². The number of thiophene rings is 1. The second kappa shape index (κ2) is 5.46. The molecular weight excluding hydrogens is 262 g/mol. The first-order chi connectivity index (χ1) is 8.58. The van der Waals surface area contributed by atoms with Crippen LogP contribution in [0.3, 0.4) is 0 Å². The molecule has 0 bridgehead atoms. The van der Waals surface area contributed by atoms with Crippen molar-refractivity contribution in [3.05, 3.63) is 45.3 Å². The Bertz CT molecular complexity index is 562. The Kier molecular flexibility index (Phi) is 3.93. The first-order valence-corrected chi connectivity index (χ1v) is 6.96. The van der Waals surface area contributed by atoms with Crippen LogP contribution in [0.5, 0.6) is 0 Å². The van der Waals surface area contributed by atoms with E-state index in [4.69, 9.17) is 18.0 Å². The smallest absolute Gasteiger partial charge is 0.137 e. The van der Waals surface area contributed by atoms with Gasteiger partial charge in [0, 0.05) is 12.2 Å². The SMILES string of the molecule is Cc1cc(C)c(C(N)=S)c(NCc2ccsc2)n1. The first kappa shape index (κ1) is 13.0. The minimum absolute atomic E-state index is 0.382. The molecule has 3 nitrogen and oxygen atoms in total. The maximum atomic E-state index is 5.77. The van der Waals surface area contributed by atoms with Crippen molar-refractivity contribution in [1.82, 2.24) is 4.98 Å². The van der Waals surface area contributed by atoms with Gasteiger partial charge in [0.05, 0.1) is 5.56 Å². The second-order valence-corrected chi connectivity index (χ2v) is 5.37. The third-order valence-electron chi connectivity index (χ3n) is 2.63. The summed E-state index contributed by atoms with van der Waals surface area (Å²) in [7, 11) is 0. The normalized spacial score (nSPS) is 10.3. The number of hydrogen-bond acceptors (Lipinski definition) is 4. The van der Waals surface area contributed by atoms with Crippen molar-refractivity contribution in [3.63, 3.8) is 0 Å². The average Bonchev–Trinajstić information content (AvgIpc) is 2.77. The molecule has 2 heterocycles. The third kappa shape index (κ3) is 2.86. The van der Waals surface area contributed by atoms with E-state index in [1.54, 1.807) is 11.3 Å². The number of nitrogens with two attached hydrogens (primary N) is 1. The van der Waals surface area contributed by atoms with Crippen molar-refractivity contribution in [2.45, 2.75) is 20.4 Å². The fraction of sp³-hybridized carbons (Fsp3) is 0.231. The van der Waals surface area contributed by atoms with E-state index in [-0.39, 0.29) is 0 Å². The lowest BCUT2D eigenvalue weighted by Gasteiger charge is -2.13. The predicted octanol–water partition coefficient (Wildman–Crippen LogP) is 3.01. The zero-order chi connectivity index (χ0) is 13.1.